The largest absolute Gasteiger partial charge is 0.480 e. The maximum absolute atomic E-state index is 13.2. The van der Waals surface area contributed by atoms with Gasteiger partial charge in [-0.05, 0) is 99.3 Å². The predicted octanol–water partition coefficient (Wildman–Crippen LogP) is 9.21. The molecule has 0 amide bonds. The van der Waals surface area contributed by atoms with Crippen molar-refractivity contribution in [2.45, 2.75) is 50.6 Å². The van der Waals surface area contributed by atoms with Crippen LogP contribution >= 0.6 is 0 Å². The number of rotatable bonds is 5. The number of hydrogen-bond acceptors (Lipinski definition) is 10. The molecule has 8 aromatic rings. The van der Waals surface area contributed by atoms with E-state index in [4.69, 9.17) is 22.8 Å². The van der Waals surface area contributed by atoms with Crippen LogP contribution in [0, 0.1) is 5.82 Å². The third-order valence-electron chi connectivity index (χ3n) is 10.5. The molecule has 6 heterocycles. The third kappa shape index (κ3) is 8.51. The summed E-state index contributed by atoms with van der Waals surface area (Å²) in [5, 5.41) is 24.1. The summed E-state index contributed by atoms with van der Waals surface area (Å²) in [5.74, 6) is -1.08. The second kappa shape index (κ2) is 16.9. The first-order chi connectivity index (χ1) is 28.6. The number of carbonyl (C=O) groups is 2. The highest BCUT2D eigenvalue weighted by molar-refractivity contribution is 5.89. The summed E-state index contributed by atoms with van der Waals surface area (Å²) in [7, 11) is 0. The lowest BCUT2D eigenvalue weighted by Gasteiger charge is -2.34. The van der Waals surface area contributed by atoms with Crippen molar-refractivity contribution in [3.63, 3.8) is 0 Å². The molecule has 0 aliphatic carbocycles. The molecular formula is C46H39FN2O10. The summed E-state index contributed by atoms with van der Waals surface area (Å²) < 4.78 is 35.4. The first kappa shape index (κ1) is 38.9. The van der Waals surface area contributed by atoms with E-state index in [9.17, 15) is 28.7 Å². The van der Waals surface area contributed by atoms with Crippen molar-refractivity contribution in [3.05, 3.63) is 136 Å². The highest BCUT2D eigenvalue weighted by atomic mass is 19.1. The van der Waals surface area contributed by atoms with Crippen LogP contribution in [0.3, 0.4) is 0 Å². The lowest BCUT2D eigenvalue weighted by molar-refractivity contribution is -0.140. The van der Waals surface area contributed by atoms with Gasteiger partial charge in [-0.3, -0.25) is 4.79 Å². The SMILES string of the molecule is O=C(O)C1CCCCN1.O=C(O)C1CCCCN1c1ccc2cc(-c3cc4ccccc4o3)c(=O)oc2c1.O=c1oc2cc(F)ccc2cc1-c1cc2ccccc2o1. The van der Waals surface area contributed by atoms with E-state index < -0.39 is 35.0 Å². The zero-order valence-electron chi connectivity index (χ0n) is 31.7. The number of halogens is 1. The third-order valence-corrected chi connectivity index (χ3v) is 10.5. The average molecular weight is 799 g/mol. The first-order valence-corrected chi connectivity index (χ1v) is 19.4. The smallest absolute Gasteiger partial charge is 0.347 e. The number of hydrogen-bond donors (Lipinski definition) is 3. The van der Waals surface area contributed by atoms with Gasteiger partial charge in [-0.2, -0.15) is 0 Å². The minimum absolute atomic E-state index is 0.222. The van der Waals surface area contributed by atoms with Crippen LogP contribution in [0.1, 0.15) is 38.5 Å². The minimum atomic E-state index is -0.827. The number of piperidine rings is 2. The molecule has 59 heavy (non-hydrogen) atoms. The molecule has 2 fully saturated rings. The van der Waals surface area contributed by atoms with Crippen molar-refractivity contribution in [3.8, 4) is 22.6 Å². The molecule has 12 nitrogen and oxygen atoms in total. The molecule has 2 aliphatic rings. The summed E-state index contributed by atoms with van der Waals surface area (Å²) in [6, 6.07) is 30.8. The molecule has 3 N–H and O–H groups in total. The van der Waals surface area contributed by atoms with Crippen LogP contribution in [-0.2, 0) is 9.59 Å². The minimum Gasteiger partial charge on any atom is -0.480 e. The van der Waals surface area contributed by atoms with Crippen LogP contribution in [0.15, 0.2) is 136 Å². The zero-order chi connectivity index (χ0) is 41.0. The normalized spacial score (nSPS) is 16.7. The van der Waals surface area contributed by atoms with E-state index in [1.165, 1.54) is 12.1 Å². The van der Waals surface area contributed by atoms with Crippen molar-refractivity contribution in [2.75, 3.05) is 18.0 Å². The number of nitrogens with one attached hydrogen (secondary N) is 1. The quantitative estimate of drug-likeness (QED) is 0.141. The molecule has 300 valence electrons. The molecule has 13 heteroatoms. The molecule has 10 rings (SSSR count). The van der Waals surface area contributed by atoms with Gasteiger partial charge in [0.2, 0.25) is 0 Å². The molecule has 0 spiro atoms. The van der Waals surface area contributed by atoms with Crippen LogP contribution < -0.4 is 21.5 Å². The van der Waals surface area contributed by atoms with Crippen molar-refractivity contribution in [2.24, 2.45) is 0 Å². The summed E-state index contributed by atoms with van der Waals surface area (Å²) in [6.07, 6.45) is 5.40. The van der Waals surface area contributed by atoms with Crippen LogP contribution in [0.2, 0.25) is 0 Å². The molecular weight excluding hydrogens is 760 g/mol. The van der Waals surface area contributed by atoms with Gasteiger partial charge in [0, 0.05) is 45.9 Å². The number of fused-ring (bicyclic) bond motifs is 4. The lowest BCUT2D eigenvalue weighted by atomic mass is 10.0. The van der Waals surface area contributed by atoms with Crippen molar-refractivity contribution in [1.29, 1.82) is 0 Å². The molecule has 4 aromatic heterocycles. The standard InChI is InChI=1S/C23H19NO5.C17H9FO3.C6H11NO2/c25-22(26)18-6-3-4-10-24(18)16-9-8-15-11-17(23(27)29-20(15)13-16)21-12-14-5-1-2-7-19(14)28-21;18-12-6-5-11-7-13(17(19)21-15(11)9-12)16-8-10-3-1-2-4-14(10)20-16;8-6(9)5-3-1-2-4-7-5/h1-2,5,7-9,11-13,18H,3-4,6,10H2,(H,25,26);1-9H;5,7H,1-4H2,(H,8,9). The summed E-state index contributed by atoms with van der Waals surface area (Å²) in [4.78, 5) is 48.5. The van der Waals surface area contributed by atoms with Gasteiger partial charge in [0.25, 0.3) is 0 Å². The fraction of sp³-hybridized carbons (Fsp3) is 0.217. The predicted molar refractivity (Wildman–Crippen MR) is 221 cm³/mol. The van der Waals surface area contributed by atoms with E-state index in [-0.39, 0.29) is 11.6 Å². The number of aliphatic carboxylic acids is 2. The van der Waals surface area contributed by atoms with Gasteiger partial charge in [-0.15, -0.1) is 0 Å². The van der Waals surface area contributed by atoms with Gasteiger partial charge in [-0.1, -0.05) is 42.8 Å². The summed E-state index contributed by atoms with van der Waals surface area (Å²) >= 11 is 0. The Hall–Kier alpha value is -6.99. The van der Waals surface area contributed by atoms with Gasteiger partial charge in [-0.25, -0.2) is 18.8 Å². The van der Waals surface area contributed by atoms with Crippen LogP contribution in [0.25, 0.3) is 66.5 Å². The maximum Gasteiger partial charge on any atom is 0.347 e. The first-order valence-electron chi connectivity index (χ1n) is 19.4. The highest BCUT2D eigenvalue weighted by Gasteiger charge is 2.29. The molecule has 0 saturated carbocycles. The van der Waals surface area contributed by atoms with E-state index in [1.54, 1.807) is 30.3 Å². The molecule has 4 aromatic carbocycles. The lowest BCUT2D eigenvalue weighted by Crippen LogP contribution is -2.44. The monoisotopic (exact) mass is 798 g/mol. The molecule has 0 bridgehead atoms. The van der Waals surface area contributed by atoms with E-state index in [0.717, 1.165) is 60.5 Å². The number of carboxylic acid groups (broad SMARTS) is 2. The van der Waals surface area contributed by atoms with Gasteiger partial charge < -0.3 is 38.1 Å². The van der Waals surface area contributed by atoms with Gasteiger partial charge >= 0.3 is 23.2 Å². The van der Waals surface area contributed by atoms with Crippen LogP contribution in [0.5, 0.6) is 0 Å². The van der Waals surface area contributed by atoms with Gasteiger partial charge in [0.05, 0.1) is 0 Å². The zero-order valence-corrected chi connectivity index (χ0v) is 31.7. The Kier molecular flexibility index (Phi) is 11.1. The second-order valence-corrected chi connectivity index (χ2v) is 14.5. The topological polar surface area (TPSA) is 177 Å². The van der Waals surface area contributed by atoms with E-state index >= 15 is 0 Å². The summed E-state index contributed by atoms with van der Waals surface area (Å²) in [5.41, 5.74) is 2.47. The Bertz CT molecular complexity index is 2870. The van der Waals surface area contributed by atoms with Gasteiger partial charge in [0.15, 0.2) is 0 Å². The second-order valence-electron chi connectivity index (χ2n) is 14.5. The van der Waals surface area contributed by atoms with Crippen molar-refractivity contribution < 1.29 is 41.9 Å². The maximum atomic E-state index is 13.2. The van der Waals surface area contributed by atoms with E-state index in [0.29, 0.717) is 57.7 Å². The van der Waals surface area contributed by atoms with E-state index in [2.05, 4.69) is 5.32 Å². The van der Waals surface area contributed by atoms with Crippen molar-refractivity contribution >= 4 is 61.5 Å². The fourth-order valence-corrected chi connectivity index (χ4v) is 7.50. The molecule has 2 unspecified atom stereocenters. The number of furan rings is 2. The number of carboxylic acids is 2. The Balaban J connectivity index is 0.000000140. The van der Waals surface area contributed by atoms with E-state index in [1.807, 2.05) is 71.6 Å². The number of para-hydroxylation sites is 2. The molecule has 2 atom stereocenters. The number of benzene rings is 4. The Morgan fingerprint density at radius 1 is 0.593 bits per heavy atom. The Labute approximate surface area is 335 Å². The Morgan fingerprint density at radius 2 is 1.15 bits per heavy atom. The van der Waals surface area contributed by atoms with Crippen LogP contribution in [-0.4, -0.2) is 47.3 Å². The number of anilines is 1. The Morgan fingerprint density at radius 3 is 1.69 bits per heavy atom. The molecule has 2 saturated heterocycles. The van der Waals surface area contributed by atoms with Gasteiger partial charge in [0.1, 0.15) is 62.9 Å². The highest BCUT2D eigenvalue weighted by Crippen LogP contribution is 2.32. The molecule has 2 aliphatic heterocycles. The average Bonchev–Trinajstić information content (AvgIpc) is 3.89. The van der Waals surface area contributed by atoms with Crippen LogP contribution in [0.4, 0.5) is 10.1 Å². The van der Waals surface area contributed by atoms with Crippen molar-refractivity contribution in [1.82, 2.24) is 5.32 Å². The summed E-state index contributed by atoms with van der Waals surface area (Å²) in [6.45, 7) is 1.53. The molecule has 0 radical (unpaired) electrons. The fourth-order valence-electron chi connectivity index (χ4n) is 7.50. The number of nitrogens with zero attached hydrogens (tertiary/aromatic N) is 1.